The zero-order chi connectivity index (χ0) is 33.2. The zero-order valence-corrected chi connectivity index (χ0v) is 26.8. The normalized spacial score (nSPS) is 11.7. The second kappa shape index (κ2) is 15.7. The summed E-state index contributed by atoms with van der Waals surface area (Å²) in [6, 6.07) is 38.9. The van der Waals surface area contributed by atoms with Crippen molar-refractivity contribution >= 4 is 64.3 Å². The van der Waals surface area contributed by atoms with Gasteiger partial charge in [-0.1, -0.05) is 78.3 Å². The highest BCUT2D eigenvalue weighted by Gasteiger charge is 2.23. The molecule has 47 heavy (non-hydrogen) atoms. The van der Waals surface area contributed by atoms with E-state index in [4.69, 9.17) is 11.6 Å². The summed E-state index contributed by atoms with van der Waals surface area (Å²) < 4.78 is 0. The minimum absolute atomic E-state index is 0.0163. The summed E-state index contributed by atoms with van der Waals surface area (Å²) in [5.74, 6) is -1.25. The van der Waals surface area contributed by atoms with Crippen molar-refractivity contribution in [1.29, 1.82) is 0 Å². The van der Waals surface area contributed by atoms with Crippen molar-refractivity contribution in [1.82, 2.24) is 5.32 Å². The van der Waals surface area contributed by atoms with Crippen LogP contribution in [0, 0.1) is 0 Å². The lowest BCUT2D eigenvalue weighted by molar-refractivity contribution is -0.116. The van der Waals surface area contributed by atoms with Gasteiger partial charge in [-0.05, 0) is 90.9 Å². The van der Waals surface area contributed by atoms with E-state index in [1.54, 1.807) is 91.0 Å². The predicted molar refractivity (Wildman–Crippen MR) is 189 cm³/mol. The van der Waals surface area contributed by atoms with E-state index < -0.39 is 17.1 Å². The molecule has 1 unspecified atom stereocenters. The van der Waals surface area contributed by atoms with Crippen LogP contribution in [0.4, 0.5) is 11.4 Å². The van der Waals surface area contributed by atoms with Crippen molar-refractivity contribution in [3.8, 4) is 0 Å². The highest BCUT2D eigenvalue weighted by Crippen LogP contribution is 2.37. The average molecular weight is 660 g/mol. The molecule has 5 aromatic carbocycles. The maximum absolute atomic E-state index is 13.5. The third-order valence-electron chi connectivity index (χ3n) is 7.00. The number of ketones is 1. The Morgan fingerprint density at radius 1 is 0.660 bits per heavy atom. The summed E-state index contributed by atoms with van der Waals surface area (Å²) >= 11 is 7.70. The molecule has 5 rings (SSSR count). The number of hydrogen-bond acceptors (Lipinski definition) is 5. The standard InChI is InChI=1S/C38H30ClN3O4S/c1-25(43)26-16-18-30(19-17-26)41-38(46)35(27-10-4-2-5-11-27)47-32-22-20-31(21-23-32)40-37(45)34(24-29-14-8-9-15-33(29)39)42-36(44)28-12-6-3-7-13-28/h2-24,35H,1H3,(H,40,45)(H,41,46)(H,42,44)/b34-24-. The molecule has 0 saturated carbocycles. The van der Waals surface area contributed by atoms with Crippen molar-refractivity contribution < 1.29 is 19.2 Å². The van der Waals surface area contributed by atoms with E-state index in [9.17, 15) is 19.2 Å². The van der Waals surface area contributed by atoms with Gasteiger partial charge in [0.15, 0.2) is 5.78 Å². The van der Waals surface area contributed by atoms with Gasteiger partial charge >= 0.3 is 0 Å². The summed E-state index contributed by atoms with van der Waals surface area (Å²) in [5.41, 5.74) is 3.44. The molecule has 234 valence electrons. The first kappa shape index (κ1) is 32.9. The Morgan fingerprint density at radius 2 is 1.23 bits per heavy atom. The molecule has 0 spiro atoms. The van der Waals surface area contributed by atoms with Crippen LogP contribution in [-0.4, -0.2) is 23.5 Å². The third kappa shape index (κ3) is 9.07. The van der Waals surface area contributed by atoms with Gasteiger partial charge in [0, 0.05) is 32.4 Å². The maximum atomic E-state index is 13.5. The van der Waals surface area contributed by atoms with Crippen molar-refractivity contribution in [2.75, 3.05) is 10.6 Å². The Bertz CT molecular complexity index is 1910. The fourth-order valence-electron chi connectivity index (χ4n) is 4.54. The van der Waals surface area contributed by atoms with Gasteiger partial charge in [0.1, 0.15) is 10.9 Å². The minimum atomic E-state index is -0.581. The molecule has 0 aliphatic rings. The number of anilines is 2. The molecule has 0 saturated heterocycles. The van der Waals surface area contributed by atoms with E-state index in [1.807, 2.05) is 42.5 Å². The van der Waals surface area contributed by atoms with Crippen LogP contribution in [0.1, 0.15) is 44.0 Å². The van der Waals surface area contributed by atoms with Gasteiger partial charge in [-0.2, -0.15) is 0 Å². The number of hydrogen-bond donors (Lipinski definition) is 3. The van der Waals surface area contributed by atoms with Crippen LogP contribution in [0.15, 0.2) is 144 Å². The number of halogens is 1. The van der Waals surface area contributed by atoms with E-state index in [-0.39, 0.29) is 17.4 Å². The molecule has 5 aromatic rings. The third-order valence-corrected chi connectivity index (χ3v) is 8.61. The summed E-state index contributed by atoms with van der Waals surface area (Å²) in [7, 11) is 0. The summed E-state index contributed by atoms with van der Waals surface area (Å²) in [4.78, 5) is 52.3. The molecule has 0 bridgehead atoms. The van der Waals surface area contributed by atoms with E-state index in [0.29, 0.717) is 33.1 Å². The van der Waals surface area contributed by atoms with Gasteiger partial charge in [0.25, 0.3) is 11.8 Å². The SMILES string of the molecule is CC(=O)c1ccc(NC(=O)C(Sc2ccc(NC(=O)/C(=C/c3ccccc3Cl)NC(=O)c3ccccc3)cc2)c2ccccc2)cc1. The molecule has 0 aliphatic heterocycles. The van der Waals surface area contributed by atoms with E-state index in [0.717, 1.165) is 10.5 Å². The van der Waals surface area contributed by atoms with Crippen LogP contribution in [0.2, 0.25) is 5.02 Å². The van der Waals surface area contributed by atoms with Crippen LogP contribution < -0.4 is 16.0 Å². The molecule has 0 aliphatic carbocycles. The first-order valence-electron chi connectivity index (χ1n) is 14.6. The maximum Gasteiger partial charge on any atom is 0.272 e. The van der Waals surface area contributed by atoms with Crippen LogP contribution >= 0.6 is 23.4 Å². The molecular formula is C38H30ClN3O4S. The van der Waals surface area contributed by atoms with Crippen molar-refractivity contribution in [3.63, 3.8) is 0 Å². The number of thioether (sulfide) groups is 1. The van der Waals surface area contributed by atoms with Crippen molar-refractivity contribution in [2.24, 2.45) is 0 Å². The fourth-order valence-corrected chi connectivity index (χ4v) is 5.75. The smallest absolute Gasteiger partial charge is 0.272 e. The Labute approximate surface area is 282 Å². The largest absolute Gasteiger partial charge is 0.325 e. The minimum Gasteiger partial charge on any atom is -0.325 e. The first-order valence-corrected chi connectivity index (χ1v) is 15.9. The topological polar surface area (TPSA) is 104 Å². The summed E-state index contributed by atoms with van der Waals surface area (Å²) in [6.07, 6.45) is 1.53. The molecule has 0 aromatic heterocycles. The molecule has 3 amide bonds. The van der Waals surface area contributed by atoms with Crippen LogP contribution in [0.5, 0.6) is 0 Å². The average Bonchev–Trinajstić information content (AvgIpc) is 3.09. The number of benzene rings is 5. The number of nitrogens with one attached hydrogen (secondary N) is 3. The zero-order valence-electron chi connectivity index (χ0n) is 25.3. The lowest BCUT2D eigenvalue weighted by Gasteiger charge is -2.18. The molecule has 9 heteroatoms. The van der Waals surface area contributed by atoms with Gasteiger partial charge < -0.3 is 16.0 Å². The molecular weight excluding hydrogens is 630 g/mol. The van der Waals surface area contributed by atoms with E-state index in [1.165, 1.54) is 24.8 Å². The molecule has 0 fully saturated rings. The number of rotatable bonds is 11. The Kier molecular flexibility index (Phi) is 11.0. The van der Waals surface area contributed by atoms with Gasteiger partial charge in [-0.25, -0.2) is 0 Å². The van der Waals surface area contributed by atoms with Gasteiger partial charge in [0.05, 0.1) is 0 Å². The molecule has 0 radical (unpaired) electrons. The second-order valence-corrected chi connectivity index (χ2v) is 12.0. The van der Waals surface area contributed by atoms with E-state index >= 15 is 0 Å². The fraction of sp³-hybridized carbons (Fsp3) is 0.0526. The predicted octanol–water partition coefficient (Wildman–Crippen LogP) is 8.42. The lowest BCUT2D eigenvalue weighted by atomic mass is 10.1. The highest BCUT2D eigenvalue weighted by atomic mass is 35.5. The summed E-state index contributed by atoms with van der Waals surface area (Å²) in [6.45, 7) is 1.49. The molecule has 3 N–H and O–H groups in total. The van der Waals surface area contributed by atoms with Crippen LogP contribution in [0.25, 0.3) is 6.08 Å². The molecule has 7 nitrogen and oxygen atoms in total. The van der Waals surface area contributed by atoms with E-state index in [2.05, 4.69) is 16.0 Å². The highest BCUT2D eigenvalue weighted by molar-refractivity contribution is 8.00. The van der Waals surface area contributed by atoms with Gasteiger partial charge in [0.2, 0.25) is 5.91 Å². The van der Waals surface area contributed by atoms with Crippen molar-refractivity contribution in [3.05, 3.63) is 166 Å². The van der Waals surface area contributed by atoms with Gasteiger partial charge in [-0.15, -0.1) is 11.8 Å². The number of amides is 3. The Morgan fingerprint density at radius 3 is 1.87 bits per heavy atom. The first-order chi connectivity index (χ1) is 22.8. The second-order valence-electron chi connectivity index (χ2n) is 10.4. The summed E-state index contributed by atoms with van der Waals surface area (Å²) in [5, 5.41) is 8.35. The lowest BCUT2D eigenvalue weighted by Crippen LogP contribution is -2.30. The number of carbonyl (C=O) groups is 4. The quantitative estimate of drug-likeness (QED) is 0.0750. The van der Waals surface area contributed by atoms with Crippen molar-refractivity contribution in [2.45, 2.75) is 17.1 Å². The Hall–Kier alpha value is -5.44. The Balaban J connectivity index is 1.32. The molecule has 0 heterocycles. The number of carbonyl (C=O) groups excluding carboxylic acids is 4. The van der Waals surface area contributed by atoms with Crippen LogP contribution in [-0.2, 0) is 9.59 Å². The van der Waals surface area contributed by atoms with Crippen LogP contribution in [0.3, 0.4) is 0 Å². The number of Topliss-reactive ketones (excluding diaryl/α,β-unsaturated/α-hetero) is 1. The monoisotopic (exact) mass is 659 g/mol. The van der Waals surface area contributed by atoms with Gasteiger partial charge in [-0.3, -0.25) is 19.2 Å². The molecule has 1 atom stereocenters.